The van der Waals surface area contributed by atoms with Gasteiger partial charge in [0.05, 0.1) is 12.2 Å². The van der Waals surface area contributed by atoms with Gasteiger partial charge in [0.25, 0.3) is 0 Å². The topological polar surface area (TPSA) is 9.23 Å². The fourth-order valence-electron chi connectivity index (χ4n) is 2.59. The first-order valence-electron chi connectivity index (χ1n) is 6.26. The Kier molecular flexibility index (Phi) is 4.94. The SMILES string of the molecule is CC(C)OC(C(C)C)C1CCCCC1. The van der Waals surface area contributed by atoms with Crippen LogP contribution >= 0.6 is 0 Å². The lowest BCUT2D eigenvalue weighted by Gasteiger charge is -2.34. The fourth-order valence-corrected chi connectivity index (χ4v) is 2.59. The lowest BCUT2D eigenvalue weighted by atomic mass is 9.81. The van der Waals surface area contributed by atoms with Gasteiger partial charge in [-0.3, -0.25) is 0 Å². The molecule has 14 heavy (non-hydrogen) atoms. The standard InChI is InChI=1S/C13H26O/c1-10(2)13(14-11(3)4)12-8-6-5-7-9-12/h10-13H,5-9H2,1-4H3. The molecule has 84 valence electrons. The third kappa shape index (κ3) is 3.61. The lowest BCUT2D eigenvalue weighted by Crippen LogP contribution is -2.33. The average molecular weight is 198 g/mol. The molecular formula is C13H26O. The monoisotopic (exact) mass is 198 g/mol. The summed E-state index contributed by atoms with van der Waals surface area (Å²) in [6.07, 6.45) is 7.90. The largest absolute Gasteiger partial charge is 0.375 e. The van der Waals surface area contributed by atoms with Crippen LogP contribution in [-0.4, -0.2) is 12.2 Å². The molecule has 0 aromatic carbocycles. The molecule has 0 amide bonds. The molecule has 0 aromatic rings. The zero-order chi connectivity index (χ0) is 10.6. The molecule has 1 heteroatoms. The maximum atomic E-state index is 6.05. The van der Waals surface area contributed by atoms with Gasteiger partial charge in [0.2, 0.25) is 0 Å². The Hall–Kier alpha value is -0.0400. The van der Waals surface area contributed by atoms with Gasteiger partial charge in [-0.05, 0) is 38.5 Å². The van der Waals surface area contributed by atoms with Gasteiger partial charge in [0, 0.05) is 0 Å². The lowest BCUT2D eigenvalue weighted by molar-refractivity contribution is -0.0601. The van der Waals surface area contributed by atoms with Crippen molar-refractivity contribution >= 4 is 0 Å². The van der Waals surface area contributed by atoms with Crippen LogP contribution in [0.1, 0.15) is 59.8 Å². The van der Waals surface area contributed by atoms with E-state index in [2.05, 4.69) is 27.7 Å². The molecule has 0 saturated heterocycles. The van der Waals surface area contributed by atoms with Gasteiger partial charge in [-0.1, -0.05) is 33.1 Å². The van der Waals surface area contributed by atoms with Crippen LogP contribution in [0.3, 0.4) is 0 Å². The maximum Gasteiger partial charge on any atom is 0.0629 e. The van der Waals surface area contributed by atoms with Crippen molar-refractivity contribution in [1.29, 1.82) is 0 Å². The molecular weight excluding hydrogens is 172 g/mol. The van der Waals surface area contributed by atoms with Crippen molar-refractivity contribution in [3.63, 3.8) is 0 Å². The summed E-state index contributed by atoms with van der Waals surface area (Å²) in [7, 11) is 0. The van der Waals surface area contributed by atoms with E-state index in [0.717, 1.165) is 5.92 Å². The van der Waals surface area contributed by atoms with Gasteiger partial charge in [-0.2, -0.15) is 0 Å². The predicted molar refractivity (Wildman–Crippen MR) is 61.4 cm³/mol. The maximum absolute atomic E-state index is 6.05. The van der Waals surface area contributed by atoms with Crippen LogP contribution < -0.4 is 0 Å². The molecule has 1 rings (SSSR count). The molecule has 0 N–H and O–H groups in total. The van der Waals surface area contributed by atoms with Gasteiger partial charge >= 0.3 is 0 Å². The van der Waals surface area contributed by atoms with E-state index in [1.54, 1.807) is 0 Å². The fraction of sp³-hybridized carbons (Fsp3) is 1.00. The summed E-state index contributed by atoms with van der Waals surface area (Å²) in [4.78, 5) is 0. The van der Waals surface area contributed by atoms with Crippen LogP contribution in [0.15, 0.2) is 0 Å². The van der Waals surface area contributed by atoms with Gasteiger partial charge in [-0.25, -0.2) is 0 Å². The summed E-state index contributed by atoms with van der Waals surface area (Å²) in [6.45, 7) is 8.89. The highest BCUT2D eigenvalue weighted by Gasteiger charge is 2.27. The highest BCUT2D eigenvalue weighted by atomic mass is 16.5. The van der Waals surface area contributed by atoms with Crippen molar-refractivity contribution in [2.75, 3.05) is 0 Å². The summed E-state index contributed by atoms with van der Waals surface area (Å²) in [5, 5.41) is 0. The van der Waals surface area contributed by atoms with E-state index in [-0.39, 0.29) is 0 Å². The Bertz CT molecular complexity index is 145. The van der Waals surface area contributed by atoms with E-state index in [1.807, 2.05) is 0 Å². The smallest absolute Gasteiger partial charge is 0.0629 e. The third-order valence-corrected chi connectivity index (χ3v) is 3.20. The Morgan fingerprint density at radius 1 is 0.929 bits per heavy atom. The minimum absolute atomic E-state index is 0.379. The van der Waals surface area contributed by atoms with E-state index in [0.29, 0.717) is 18.1 Å². The van der Waals surface area contributed by atoms with Crippen molar-refractivity contribution in [3.8, 4) is 0 Å². The molecule has 0 aliphatic heterocycles. The van der Waals surface area contributed by atoms with Crippen LogP contribution in [0.2, 0.25) is 0 Å². The highest BCUT2D eigenvalue weighted by molar-refractivity contribution is 4.77. The molecule has 1 nitrogen and oxygen atoms in total. The van der Waals surface area contributed by atoms with E-state index in [1.165, 1.54) is 32.1 Å². The quantitative estimate of drug-likeness (QED) is 0.663. The Balaban J connectivity index is 2.47. The number of rotatable bonds is 4. The molecule has 1 unspecified atom stereocenters. The van der Waals surface area contributed by atoms with Crippen LogP contribution in [0, 0.1) is 11.8 Å². The normalized spacial score (nSPS) is 21.9. The second kappa shape index (κ2) is 5.75. The molecule has 0 aromatic heterocycles. The Labute approximate surface area is 89.2 Å². The first kappa shape index (κ1) is 12.0. The molecule has 1 saturated carbocycles. The van der Waals surface area contributed by atoms with Gasteiger partial charge in [-0.15, -0.1) is 0 Å². The molecule has 1 aliphatic carbocycles. The Morgan fingerprint density at radius 2 is 1.50 bits per heavy atom. The van der Waals surface area contributed by atoms with Crippen LogP contribution in [0.4, 0.5) is 0 Å². The molecule has 1 atom stereocenters. The van der Waals surface area contributed by atoms with Crippen molar-refractivity contribution in [3.05, 3.63) is 0 Å². The van der Waals surface area contributed by atoms with Crippen molar-refractivity contribution in [2.24, 2.45) is 11.8 Å². The van der Waals surface area contributed by atoms with E-state index in [9.17, 15) is 0 Å². The summed E-state index contributed by atoms with van der Waals surface area (Å²) in [5.74, 6) is 1.49. The minimum atomic E-state index is 0.379. The summed E-state index contributed by atoms with van der Waals surface area (Å²) in [6, 6.07) is 0. The second-order valence-corrected chi connectivity index (χ2v) is 5.29. The number of hydrogen-bond acceptors (Lipinski definition) is 1. The second-order valence-electron chi connectivity index (χ2n) is 5.29. The first-order valence-corrected chi connectivity index (χ1v) is 6.26. The van der Waals surface area contributed by atoms with Crippen LogP contribution in [0.5, 0.6) is 0 Å². The van der Waals surface area contributed by atoms with Crippen molar-refractivity contribution in [2.45, 2.75) is 72.0 Å². The first-order chi connectivity index (χ1) is 6.61. The third-order valence-electron chi connectivity index (χ3n) is 3.20. The van der Waals surface area contributed by atoms with Gasteiger partial charge < -0.3 is 4.74 Å². The number of hydrogen-bond donors (Lipinski definition) is 0. The van der Waals surface area contributed by atoms with Crippen molar-refractivity contribution in [1.82, 2.24) is 0 Å². The summed E-state index contributed by atoms with van der Waals surface area (Å²) < 4.78 is 6.05. The number of ether oxygens (including phenoxy) is 1. The van der Waals surface area contributed by atoms with Gasteiger partial charge in [0.15, 0.2) is 0 Å². The van der Waals surface area contributed by atoms with Crippen LogP contribution in [-0.2, 0) is 4.74 Å². The van der Waals surface area contributed by atoms with E-state index < -0.39 is 0 Å². The summed E-state index contributed by atoms with van der Waals surface area (Å²) >= 11 is 0. The van der Waals surface area contributed by atoms with Crippen molar-refractivity contribution < 1.29 is 4.74 Å². The van der Waals surface area contributed by atoms with Gasteiger partial charge in [0.1, 0.15) is 0 Å². The molecule has 0 spiro atoms. The molecule has 0 heterocycles. The molecule has 0 radical (unpaired) electrons. The Morgan fingerprint density at radius 3 is 1.93 bits per heavy atom. The average Bonchev–Trinajstić information content (AvgIpc) is 2.15. The predicted octanol–water partition coefficient (Wildman–Crippen LogP) is 4.02. The highest BCUT2D eigenvalue weighted by Crippen LogP contribution is 2.31. The zero-order valence-corrected chi connectivity index (χ0v) is 10.3. The molecule has 0 bridgehead atoms. The minimum Gasteiger partial charge on any atom is -0.375 e. The molecule has 1 fully saturated rings. The van der Waals surface area contributed by atoms with E-state index in [4.69, 9.17) is 4.74 Å². The van der Waals surface area contributed by atoms with Crippen LogP contribution in [0.25, 0.3) is 0 Å². The molecule has 1 aliphatic rings. The van der Waals surface area contributed by atoms with E-state index >= 15 is 0 Å². The zero-order valence-electron chi connectivity index (χ0n) is 10.3. The summed E-state index contributed by atoms with van der Waals surface area (Å²) in [5.41, 5.74) is 0.